The minimum absolute atomic E-state index is 0.0846. The van der Waals surface area contributed by atoms with E-state index in [4.69, 9.17) is 9.47 Å². The third-order valence-electron chi connectivity index (χ3n) is 5.39. The number of cyclic esters (lactones) is 1. The zero-order chi connectivity index (χ0) is 18.6. The van der Waals surface area contributed by atoms with Crippen LogP contribution in [0, 0.1) is 11.3 Å². The molecule has 0 bridgehead atoms. The van der Waals surface area contributed by atoms with Crippen molar-refractivity contribution >= 4 is 11.9 Å². The largest absolute Gasteiger partial charge is 0.465 e. The molecule has 0 unspecified atom stereocenters. The fourth-order valence-electron chi connectivity index (χ4n) is 4.02. The Morgan fingerprint density at radius 1 is 1.38 bits per heavy atom. The number of hydrogen-bond acceptors (Lipinski definition) is 4. The third-order valence-corrected chi connectivity index (χ3v) is 5.39. The fraction of sp³-hybridized carbons (Fsp3) is 0.524. The number of allylic oxidation sites excluding steroid dienone is 1. The van der Waals surface area contributed by atoms with Crippen LogP contribution >= 0.6 is 0 Å². The maximum absolute atomic E-state index is 12.4. The van der Waals surface area contributed by atoms with E-state index in [0.29, 0.717) is 44.8 Å². The van der Waals surface area contributed by atoms with Crippen molar-refractivity contribution in [2.45, 2.75) is 32.6 Å². The summed E-state index contributed by atoms with van der Waals surface area (Å²) in [5, 5.41) is 2.89. The molecule has 1 aromatic carbocycles. The topological polar surface area (TPSA) is 64.6 Å². The van der Waals surface area contributed by atoms with Crippen molar-refractivity contribution in [2.24, 2.45) is 11.3 Å². The van der Waals surface area contributed by atoms with Crippen LogP contribution in [0.4, 0.5) is 0 Å². The van der Waals surface area contributed by atoms with Gasteiger partial charge in [-0.2, -0.15) is 0 Å². The first-order chi connectivity index (χ1) is 12.5. The maximum Gasteiger partial charge on any atom is 0.313 e. The number of amides is 1. The molecule has 2 aliphatic rings. The molecule has 0 radical (unpaired) electrons. The van der Waals surface area contributed by atoms with Gasteiger partial charge in [0, 0.05) is 31.2 Å². The van der Waals surface area contributed by atoms with E-state index >= 15 is 0 Å². The highest BCUT2D eigenvalue weighted by atomic mass is 16.5. The lowest BCUT2D eigenvalue weighted by Crippen LogP contribution is -2.31. The zero-order valence-corrected chi connectivity index (χ0v) is 15.4. The summed E-state index contributed by atoms with van der Waals surface area (Å²) < 4.78 is 10.6. The first kappa shape index (κ1) is 18.6. The lowest BCUT2D eigenvalue weighted by atomic mass is 9.75. The van der Waals surface area contributed by atoms with Crippen LogP contribution < -0.4 is 5.32 Å². The molecule has 1 aliphatic carbocycles. The molecular formula is C21H27NO4. The first-order valence-electron chi connectivity index (χ1n) is 9.34. The summed E-state index contributed by atoms with van der Waals surface area (Å²) in [4.78, 5) is 24.5. The number of esters is 1. The molecule has 2 atom stereocenters. The van der Waals surface area contributed by atoms with Gasteiger partial charge in [0.25, 0.3) is 5.91 Å². The molecule has 1 aliphatic heterocycles. The molecule has 140 valence electrons. The molecule has 26 heavy (non-hydrogen) atoms. The molecule has 1 N–H and O–H groups in total. The van der Waals surface area contributed by atoms with Crippen molar-refractivity contribution < 1.29 is 19.1 Å². The Labute approximate surface area is 154 Å². The van der Waals surface area contributed by atoms with Crippen LogP contribution in [0.5, 0.6) is 0 Å². The van der Waals surface area contributed by atoms with Gasteiger partial charge in [0.2, 0.25) is 0 Å². The number of carbonyl (C=O) groups excluding carboxylic acids is 2. The number of nitrogens with one attached hydrogen (secondary N) is 1. The van der Waals surface area contributed by atoms with Gasteiger partial charge in [-0.25, -0.2) is 0 Å². The number of fused-ring (bicyclic) bond motifs is 1. The lowest BCUT2D eigenvalue weighted by Gasteiger charge is -2.24. The van der Waals surface area contributed by atoms with E-state index in [1.807, 2.05) is 31.2 Å². The van der Waals surface area contributed by atoms with E-state index in [-0.39, 0.29) is 17.8 Å². The van der Waals surface area contributed by atoms with Gasteiger partial charge in [-0.3, -0.25) is 9.59 Å². The summed E-state index contributed by atoms with van der Waals surface area (Å²) in [6.45, 7) is 8.47. The predicted octanol–water partition coefficient (Wildman–Crippen LogP) is 2.89. The van der Waals surface area contributed by atoms with Crippen molar-refractivity contribution in [2.75, 3.05) is 26.4 Å². The standard InChI is InChI=1S/C21H27NO4/c1-3-25-10-4-9-22-19(23)17-7-5-16(6-8-17)13-21-12-15(2)11-18(21)14-26-20(21)24/h5-8,18H,2-4,9-14H2,1H3,(H,22,23)/t18-,21+/m1/s1. The van der Waals surface area contributed by atoms with Gasteiger partial charge in [0.1, 0.15) is 0 Å². The van der Waals surface area contributed by atoms with Crippen molar-refractivity contribution in [3.8, 4) is 0 Å². The summed E-state index contributed by atoms with van der Waals surface area (Å²) in [5.74, 6) is 0.0479. The predicted molar refractivity (Wildman–Crippen MR) is 98.8 cm³/mol. The quantitative estimate of drug-likeness (QED) is 0.441. The van der Waals surface area contributed by atoms with Crippen LogP contribution in [0.2, 0.25) is 0 Å². The summed E-state index contributed by atoms with van der Waals surface area (Å²) in [5.41, 5.74) is 2.36. The molecule has 5 heteroatoms. The second-order valence-electron chi connectivity index (χ2n) is 7.26. The Hall–Kier alpha value is -2.14. The van der Waals surface area contributed by atoms with Crippen LogP contribution in [0.1, 0.15) is 42.1 Å². The normalized spacial score (nSPS) is 24.4. The highest BCUT2D eigenvalue weighted by Gasteiger charge is 2.55. The summed E-state index contributed by atoms with van der Waals surface area (Å²) in [6.07, 6.45) is 3.02. The average Bonchev–Trinajstić information content (AvgIpc) is 3.09. The summed E-state index contributed by atoms with van der Waals surface area (Å²) >= 11 is 0. The van der Waals surface area contributed by atoms with Crippen molar-refractivity contribution in [1.82, 2.24) is 5.32 Å². The highest BCUT2D eigenvalue weighted by molar-refractivity contribution is 5.94. The Balaban J connectivity index is 1.58. The molecule has 5 nitrogen and oxygen atoms in total. The highest BCUT2D eigenvalue weighted by Crippen LogP contribution is 2.52. The number of carbonyl (C=O) groups is 2. The molecule has 3 rings (SSSR count). The van der Waals surface area contributed by atoms with Crippen molar-refractivity contribution in [1.29, 1.82) is 0 Å². The van der Waals surface area contributed by atoms with E-state index in [2.05, 4.69) is 11.9 Å². The van der Waals surface area contributed by atoms with Gasteiger partial charge in [-0.15, -0.1) is 0 Å². The summed E-state index contributed by atoms with van der Waals surface area (Å²) in [7, 11) is 0. The van der Waals surface area contributed by atoms with Crippen LogP contribution in [0.25, 0.3) is 0 Å². The molecule has 1 saturated carbocycles. The van der Waals surface area contributed by atoms with Crippen LogP contribution in [-0.2, 0) is 20.7 Å². The Morgan fingerprint density at radius 3 is 2.88 bits per heavy atom. The first-order valence-corrected chi connectivity index (χ1v) is 9.34. The SMILES string of the molecule is C=C1C[C@@H]2COC(=O)[C@]2(Cc2ccc(C(=O)NCCCOCC)cc2)C1. The van der Waals surface area contributed by atoms with E-state index < -0.39 is 5.41 Å². The minimum Gasteiger partial charge on any atom is -0.465 e. The molecular weight excluding hydrogens is 330 g/mol. The molecule has 0 spiro atoms. The van der Waals surface area contributed by atoms with E-state index in [1.165, 1.54) is 0 Å². The summed E-state index contributed by atoms with van der Waals surface area (Å²) in [6, 6.07) is 7.52. The van der Waals surface area contributed by atoms with E-state index in [1.54, 1.807) is 0 Å². The van der Waals surface area contributed by atoms with Gasteiger partial charge in [-0.1, -0.05) is 24.3 Å². The molecule has 2 fully saturated rings. The molecule has 1 heterocycles. The van der Waals surface area contributed by atoms with Gasteiger partial charge in [0.05, 0.1) is 12.0 Å². The van der Waals surface area contributed by atoms with Gasteiger partial charge in [0.15, 0.2) is 0 Å². The van der Waals surface area contributed by atoms with Crippen LogP contribution in [-0.4, -0.2) is 38.2 Å². The van der Waals surface area contributed by atoms with Gasteiger partial charge in [-0.05, 0) is 50.3 Å². The second-order valence-corrected chi connectivity index (χ2v) is 7.26. The Morgan fingerprint density at radius 2 is 2.15 bits per heavy atom. The van der Waals surface area contributed by atoms with E-state index in [9.17, 15) is 9.59 Å². The molecule has 0 aromatic heterocycles. The second kappa shape index (κ2) is 8.04. The molecule has 1 saturated heterocycles. The fourth-order valence-corrected chi connectivity index (χ4v) is 4.02. The number of benzene rings is 1. The zero-order valence-electron chi connectivity index (χ0n) is 15.4. The smallest absolute Gasteiger partial charge is 0.313 e. The molecule has 1 aromatic rings. The Kier molecular flexibility index (Phi) is 5.77. The number of hydrogen-bond donors (Lipinski definition) is 1. The maximum atomic E-state index is 12.4. The van der Waals surface area contributed by atoms with Crippen LogP contribution in [0.15, 0.2) is 36.4 Å². The van der Waals surface area contributed by atoms with Gasteiger partial charge >= 0.3 is 5.97 Å². The monoisotopic (exact) mass is 357 g/mol. The minimum atomic E-state index is -0.458. The number of ether oxygens (including phenoxy) is 2. The lowest BCUT2D eigenvalue weighted by molar-refractivity contribution is -0.146. The third kappa shape index (κ3) is 3.83. The van der Waals surface area contributed by atoms with E-state index in [0.717, 1.165) is 24.0 Å². The van der Waals surface area contributed by atoms with Crippen LogP contribution in [0.3, 0.4) is 0 Å². The Bertz CT molecular complexity index is 682. The van der Waals surface area contributed by atoms with Crippen molar-refractivity contribution in [3.63, 3.8) is 0 Å². The average molecular weight is 357 g/mol. The van der Waals surface area contributed by atoms with Crippen molar-refractivity contribution in [3.05, 3.63) is 47.5 Å². The van der Waals surface area contributed by atoms with Gasteiger partial charge < -0.3 is 14.8 Å². The number of rotatable bonds is 8. The molecule has 1 amide bonds.